The third-order valence-corrected chi connectivity index (χ3v) is 6.09. The molecule has 1 fully saturated rings. The second-order valence-electron chi connectivity index (χ2n) is 6.26. The minimum atomic E-state index is -3.07. The maximum atomic E-state index is 12.0. The molecule has 0 aromatic heterocycles. The first kappa shape index (κ1) is 19.2. The Morgan fingerprint density at radius 3 is 2.52 bits per heavy atom. The highest BCUT2D eigenvalue weighted by molar-refractivity contribution is 7.91. The molecular formula is C17H23NO6S. The van der Waals surface area contributed by atoms with Crippen molar-refractivity contribution in [3.63, 3.8) is 0 Å². The van der Waals surface area contributed by atoms with Gasteiger partial charge in [-0.05, 0) is 43.5 Å². The van der Waals surface area contributed by atoms with Gasteiger partial charge < -0.3 is 14.4 Å². The predicted octanol–water partition coefficient (Wildman–Crippen LogP) is 0.871. The second kappa shape index (κ2) is 7.86. The lowest BCUT2D eigenvalue weighted by molar-refractivity contribution is -0.153. The number of sulfone groups is 1. The van der Waals surface area contributed by atoms with Crippen LogP contribution in [0.1, 0.15) is 17.5 Å². The Labute approximate surface area is 147 Å². The highest BCUT2D eigenvalue weighted by atomic mass is 32.2. The summed E-state index contributed by atoms with van der Waals surface area (Å²) < 4.78 is 33.2. The minimum absolute atomic E-state index is 0.0426. The molecule has 1 aromatic carbocycles. The van der Waals surface area contributed by atoms with E-state index in [0.717, 1.165) is 11.1 Å². The van der Waals surface area contributed by atoms with Gasteiger partial charge in [-0.25, -0.2) is 13.2 Å². The van der Waals surface area contributed by atoms with Crippen LogP contribution in [-0.4, -0.2) is 63.0 Å². The van der Waals surface area contributed by atoms with Crippen molar-refractivity contribution < 1.29 is 27.5 Å². The van der Waals surface area contributed by atoms with Crippen LogP contribution in [0.4, 0.5) is 0 Å². The highest BCUT2D eigenvalue weighted by Gasteiger charge is 2.32. The average molecular weight is 369 g/mol. The zero-order chi connectivity index (χ0) is 18.6. The van der Waals surface area contributed by atoms with E-state index in [2.05, 4.69) is 0 Å². The molecule has 0 unspecified atom stereocenters. The van der Waals surface area contributed by atoms with Gasteiger partial charge in [-0.2, -0.15) is 0 Å². The maximum absolute atomic E-state index is 12.0. The van der Waals surface area contributed by atoms with E-state index in [4.69, 9.17) is 9.47 Å². The van der Waals surface area contributed by atoms with Crippen molar-refractivity contribution in [1.29, 1.82) is 0 Å². The zero-order valence-corrected chi connectivity index (χ0v) is 15.5. The van der Waals surface area contributed by atoms with Crippen LogP contribution in [0.3, 0.4) is 0 Å². The third-order valence-electron chi connectivity index (χ3n) is 4.34. The van der Waals surface area contributed by atoms with Crippen molar-refractivity contribution in [2.24, 2.45) is 0 Å². The lowest BCUT2D eigenvalue weighted by atomic mass is 10.1. The Balaban J connectivity index is 1.75. The molecule has 0 spiro atoms. The number of ether oxygens (including phenoxy) is 2. The topological polar surface area (TPSA) is 90.0 Å². The summed E-state index contributed by atoms with van der Waals surface area (Å²) in [7, 11) is -1.55. The van der Waals surface area contributed by atoms with Gasteiger partial charge in [-0.15, -0.1) is 0 Å². The van der Waals surface area contributed by atoms with Crippen LogP contribution < -0.4 is 4.74 Å². The first-order valence-electron chi connectivity index (χ1n) is 8.00. The molecule has 1 amide bonds. The SMILES string of the molecule is Cc1ccc(OCC(=O)OCC(=O)N(C)[C@@H]2CCS(=O)(=O)C2)cc1C. The van der Waals surface area contributed by atoms with E-state index in [9.17, 15) is 18.0 Å². The Kier molecular flexibility index (Phi) is 6.05. The van der Waals surface area contributed by atoms with E-state index >= 15 is 0 Å². The fraction of sp³-hybridized carbons (Fsp3) is 0.529. The summed E-state index contributed by atoms with van der Waals surface area (Å²) in [4.78, 5) is 25.1. The van der Waals surface area contributed by atoms with Crippen molar-refractivity contribution in [1.82, 2.24) is 4.90 Å². The van der Waals surface area contributed by atoms with Gasteiger partial charge in [0, 0.05) is 13.1 Å². The number of hydrogen-bond donors (Lipinski definition) is 0. The number of benzene rings is 1. The first-order valence-corrected chi connectivity index (χ1v) is 9.82. The summed E-state index contributed by atoms with van der Waals surface area (Å²) in [5.41, 5.74) is 2.17. The first-order chi connectivity index (χ1) is 11.7. The van der Waals surface area contributed by atoms with Gasteiger partial charge in [0.2, 0.25) is 0 Å². The summed E-state index contributed by atoms with van der Waals surface area (Å²) in [5.74, 6) is -0.488. The van der Waals surface area contributed by atoms with Gasteiger partial charge in [-0.1, -0.05) is 6.07 Å². The maximum Gasteiger partial charge on any atom is 0.344 e. The number of amides is 1. The molecule has 1 saturated heterocycles. The number of nitrogens with zero attached hydrogens (tertiary/aromatic N) is 1. The van der Waals surface area contributed by atoms with Crippen molar-refractivity contribution in [2.45, 2.75) is 26.3 Å². The molecule has 25 heavy (non-hydrogen) atoms. The molecule has 1 atom stereocenters. The van der Waals surface area contributed by atoms with Crippen LogP contribution in [-0.2, 0) is 24.2 Å². The molecule has 1 aromatic rings. The third kappa shape index (κ3) is 5.45. The summed E-state index contributed by atoms with van der Waals surface area (Å²) in [6.07, 6.45) is 0.411. The smallest absolute Gasteiger partial charge is 0.344 e. The van der Waals surface area contributed by atoms with Crippen LogP contribution in [0.25, 0.3) is 0 Å². The van der Waals surface area contributed by atoms with Gasteiger partial charge in [0.05, 0.1) is 11.5 Å². The van der Waals surface area contributed by atoms with Gasteiger partial charge in [0.25, 0.3) is 5.91 Å². The number of carbonyl (C=O) groups is 2. The number of hydrogen-bond acceptors (Lipinski definition) is 6. The molecule has 138 valence electrons. The van der Waals surface area contributed by atoms with Crippen molar-refractivity contribution in [2.75, 3.05) is 31.8 Å². The molecule has 8 heteroatoms. The van der Waals surface area contributed by atoms with E-state index in [1.165, 1.54) is 11.9 Å². The van der Waals surface area contributed by atoms with Crippen LogP contribution in [0, 0.1) is 13.8 Å². The Bertz CT molecular complexity index is 758. The summed E-state index contributed by atoms with van der Waals surface area (Å²) in [6, 6.07) is 5.12. The van der Waals surface area contributed by atoms with E-state index in [0.29, 0.717) is 12.2 Å². The van der Waals surface area contributed by atoms with E-state index in [1.807, 2.05) is 26.0 Å². The molecule has 1 heterocycles. The number of esters is 1. The van der Waals surface area contributed by atoms with E-state index in [-0.39, 0.29) is 24.2 Å². The molecule has 0 N–H and O–H groups in total. The number of rotatable bonds is 6. The molecular weight excluding hydrogens is 346 g/mol. The Morgan fingerprint density at radius 2 is 1.92 bits per heavy atom. The van der Waals surface area contributed by atoms with Gasteiger partial charge in [0.15, 0.2) is 23.1 Å². The van der Waals surface area contributed by atoms with Gasteiger partial charge in [0.1, 0.15) is 5.75 Å². The molecule has 0 saturated carbocycles. The lowest BCUT2D eigenvalue weighted by Crippen LogP contribution is -2.40. The van der Waals surface area contributed by atoms with Crippen LogP contribution >= 0.6 is 0 Å². The van der Waals surface area contributed by atoms with Crippen LogP contribution in [0.5, 0.6) is 5.75 Å². The zero-order valence-electron chi connectivity index (χ0n) is 14.6. The van der Waals surface area contributed by atoms with Gasteiger partial charge in [-0.3, -0.25) is 4.79 Å². The molecule has 0 radical (unpaired) electrons. The second-order valence-corrected chi connectivity index (χ2v) is 8.49. The van der Waals surface area contributed by atoms with Crippen molar-refractivity contribution in [3.05, 3.63) is 29.3 Å². The fourth-order valence-electron chi connectivity index (χ4n) is 2.52. The van der Waals surface area contributed by atoms with Crippen molar-refractivity contribution in [3.8, 4) is 5.75 Å². The average Bonchev–Trinajstić information content (AvgIpc) is 2.92. The lowest BCUT2D eigenvalue weighted by Gasteiger charge is -2.23. The molecule has 7 nitrogen and oxygen atoms in total. The fourth-order valence-corrected chi connectivity index (χ4v) is 4.29. The Hall–Kier alpha value is -2.09. The molecule has 1 aliphatic heterocycles. The van der Waals surface area contributed by atoms with Gasteiger partial charge >= 0.3 is 5.97 Å². The predicted molar refractivity (Wildman–Crippen MR) is 92.2 cm³/mol. The molecule has 0 bridgehead atoms. The molecule has 2 rings (SSSR count). The molecule has 0 aliphatic carbocycles. The normalized spacial score (nSPS) is 18.6. The number of likely N-dealkylation sites (N-methyl/N-ethyl adjacent to an activating group) is 1. The van der Waals surface area contributed by atoms with Crippen molar-refractivity contribution >= 4 is 21.7 Å². The minimum Gasteiger partial charge on any atom is -0.482 e. The van der Waals surface area contributed by atoms with Crippen LogP contribution in [0.2, 0.25) is 0 Å². The molecule has 1 aliphatic rings. The summed E-state index contributed by atoms with van der Waals surface area (Å²) in [5, 5.41) is 0. The Morgan fingerprint density at radius 1 is 1.20 bits per heavy atom. The monoisotopic (exact) mass is 369 g/mol. The summed E-state index contributed by atoms with van der Waals surface area (Å²) in [6.45, 7) is 3.20. The highest BCUT2D eigenvalue weighted by Crippen LogP contribution is 2.17. The number of aryl methyl sites for hydroxylation is 2. The standard InChI is InChI=1S/C17H23NO6S/c1-12-4-5-15(8-13(12)2)23-10-17(20)24-9-16(19)18(3)14-6-7-25(21,22)11-14/h4-5,8,14H,6-7,9-11H2,1-3H3/t14-/m1/s1. The largest absolute Gasteiger partial charge is 0.482 e. The number of carbonyl (C=O) groups excluding carboxylic acids is 2. The van der Waals surface area contributed by atoms with Crippen LogP contribution in [0.15, 0.2) is 18.2 Å². The summed E-state index contributed by atoms with van der Waals surface area (Å²) >= 11 is 0. The van der Waals surface area contributed by atoms with E-state index in [1.54, 1.807) is 6.07 Å². The van der Waals surface area contributed by atoms with E-state index < -0.39 is 28.3 Å². The quantitative estimate of drug-likeness (QED) is 0.691.